The van der Waals surface area contributed by atoms with Crippen molar-refractivity contribution in [3.05, 3.63) is 23.8 Å². The van der Waals surface area contributed by atoms with Crippen LogP contribution in [0, 0.1) is 0 Å². The first-order chi connectivity index (χ1) is 9.24. The molecule has 4 heteroatoms. The van der Waals surface area contributed by atoms with Crippen LogP contribution < -0.4 is 9.47 Å². The molecule has 0 aliphatic heterocycles. The molecule has 1 aliphatic carbocycles. The zero-order chi connectivity index (χ0) is 13.7. The Morgan fingerprint density at radius 2 is 2.00 bits per heavy atom. The van der Waals surface area contributed by atoms with Gasteiger partial charge < -0.3 is 14.6 Å². The molecular formula is C15H20O4. The van der Waals surface area contributed by atoms with Crippen molar-refractivity contribution in [1.82, 2.24) is 0 Å². The number of benzene rings is 1. The van der Waals surface area contributed by atoms with E-state index in [0.717, 1.165) is 38.4 Å². The van der Waals surface area contributed by atoms with E-state index < -0.39 is 6.10 Å². The van der Waals surface area contributed by atoms with Gasteiger partial charge in [0.05, 0.1) is 13.2 Å². The van der Waals surface area contributed by atoms with E-state index in [0.29, 0.717) is 17.1 Å². The molecule has 2 atom stereocenters. The van der Waals surface area contributed by atoms with Gasteiger partial charge in [-0.15, -0.1) is 0 Å². The highest BCUT2D eigenvalue weighted by atomic mass is 16.5. The van der Waals surface area contributed by atoms with Gasteiger partial charge in [0.15, 0.2) is 11.5 Å². The first-order valence-electron chi connectivity index (χ1n) is 6.72. The van der Waals surface area contributed by atoms with E-state index in [4.69, 9.17) is 9.47 Å². The maximum absolute atomic E-state index is 10.8. The lowest BCUT2D eigenvalue weighted by Crippen LogP contribution is -2.30. The summed E-state index contributed by atoms with van der Waals surface area (Å²) in [6.07, 6.45) is 4.91. The molecule has 104 valence electrons. The molecule has 1 N–H and O–H groups in total. The minimum absolute atomic E-state index is 0.224. The van der Waals surface area contributed by atoms with E-state index in [1.54, 1.807) is 25.3 Å². The van der Waals surface area contributed by atoms with Gasteiger partial charge in [-0.1, -0.05) is 12.8 Å². The number of carbonyl (C=O) groups is 1. The van der Waals surface area contributed by atoms with Crippen LogP contribution in [0.5, 0.6) is 11.5 Å². The Balaban J connectivity index is 2.18. The van der Waals surface area contributed by atoms with Gasteiger partial charge in [-0.05, 0) is 37.5 Å². The van der Waals surface area contributed by atoms with Crippen LogP contribution in [0.4, 0.5) is 0 Å². The van der Waals surface area contributed by atoms with E-state index in [-0.39, 0.29) is 6.10 Å². The second-order valence-electron chi connectivity index (χ2n) is 4.89. The third-order valence-corrected chi connectivity index (χ3v) is 3.52. The van der Waals surface area contributed by atoms with Gasteiger partial charge in [-0.3, -0.25) is 4.79 Å². The van der Waals surface area contributed by atoms with Crippen molar-refractivity contribution in [2.45, 2.75) is 44.3 Å². The topological polar surface area (TPSA) is 55.8 Å². The Morgan fingerprint density at radius 1 is 1.21 bits per heavy atom. The van der Waals surface area contributed by atoms with Crippen LogP contribution in [0.1, 0.15) is 42.5 Å². The first-order valence-corrected chi connectivity index (χ1v) is 6.72. The van der Waals surface area contributed by atoms with E-state index in [9.17, 15) is 9.90 Å². The van der Waals surface area contributed by atoms with E-state index >= 15 is 0 Å². The van der Waals surface area contributed by atoms with Gasteiger partial charge in [0.2, 0.25) is 0 Å². The molecule has 1 aromatic rings. The largest absolute Gasteiger partial charge is 0.493 e. The molecule has 0 aromatic heterocycles. The normalized spacial score (nSPS) is 23.5. The molecule has 1 fully saturated rings. The molecule has 4 nitrogen and oxygen atoms in total. The summed E-state index contributed by atoms with van der Waals surface area (Å²) in [7, 11) is 1.56. The summed E-state index contributed by atoms with van der Waals surface area (Å²) < 4.78 is 11.1. The van der Waals surface area contributed by atoms with Crippen molar-refractivity contribution in [1.29, 1.82) is 0 Å². The van der Waals surface area contributed by atoms with Gasteiger partial charge >= 0.3 is 0 Å². The second-order valence-corrected chi connectivity index (χ2v) is 4.89. The third-order valence-electron chi connectivity index (χ3n) is 3.52. The first kappa shape index (κ1) is 13.9. The average molecular weight is 264 g/mol. The number of aliphatic hydroxyl groups is 1. The number of hydrogen-bond donors (Lipinski definition) is 1. The molecular weight excluding hydrogens is 244 g/mol. The van der Waals surface area contributed by atoms with Crippen LogP contribution in [0.2, 0.25) is 0 Å². The number of aliphatic hydroxyl groups excluding tert-OH is 1. The number of ether oxygens (including phenoxy) is 2. The number of methoxy groups -OCH3 is 1. The summed E-state index contributed by atoms with van der Waals surface area (Å²) >= 11 is 0. The zero-order valence-corrected chi connectivity index (χ0v) is 11.2. The fourth-order valence-corrected chi connectivity index (χ4v) is 2.41. The van der Waals surface area contributed by atoms with Crippen molar-refractivity contribution < 1.29 is 19.4 Å². The molecule has 0 bridgehead atoms. The Hall–Kier alpha value is -1.55. The Morgan fingerprint density at radius 3 is 2.74 bits per heavy atom. The Bertz CT molecular complexity index is 430. The number of hydrogen-bond acceptors (Lipinski definition) is 4. The minimum atomic E-state index is -0.452. The van der Waals surface area contributed by atoms with Crippen molar-refractivity contribution in [3.63, 3.8) is 0 Å². The number of aldehydes is 1. The predicted molar refractivity (Wildman–Crippen MR) is 71.9 cm³/mol. The molecule has 0 heterocycles. The summed E-state index contributed by atoms with van der Waals surface area (Å²) in [6, 6.07) is 5.05. The van der Waals surface area contributed by atoms with Crippen LogP contribution in [0.25, 0.3) is 0 Å². The summed E-state index contributed by atoms with van der Waals surface area (Å²) in [5, 5.41) is 10.1. The third kappa shape index (κ3) is 3.47. The van der Waals surface area contributed by atoms with E-state index in [1.807, 2.05) is 0 Å². The standard InChI is InChI=1S/C15H20O4/c1-18-14-8-7-11(10-16)9-15(14)19-13-6-4-2-3-5-12(13)17/h7-10,12-13,17H,2-6H2,1H3. The van der Waals surface area contributed by atoms with Crippen LogP contribution in [0.15, 0.2) is 18.2 Å². The summed E-state index contributed by atoms with van der Waals surface area (Å²) in [4.78, 5) is 10.8. The van der Waals surface area contributed by atoms with Gasteiger partial charge in [-0.2, -0.15) is 0 Å². The fraction of sp³-hybridized carbons (Fsp3) is 0.533. The molecule has 2 rings (SSSR count). The van der Waals surface area contributed by atoms with Gasteiger partial charge in [0.1, 0.15) is 12.4 Å². The fourth-order valence-electron chi connectivity index (χ4n) is 2.41. The summed E-state index contributed by atoms with van der Waals surface area (Å²) in [5.41, 5.74) is 0.541. The van der Waals surface area contributed by atoms with Crippen molar-refractivity contribution >= 4 is 6.29 Å². The lowest BCUT2D eigenvalue weighted by molar-refractivity contribution is 0.0305. The van der Waals surface area contributed by atoms with E-state index in [2.05, 4.69) is 0 Å². The van der Waals surface area contributed by atoms with Crippen molar-refractivity contribution in [2.75, 3.05) is 7.11 Å². The van der Waals surface area contributed by atoms with Crippen LogP contribution in [-0.2, 0) is 0 Å². The smallest absolute Gasteiger partial charge is 0.162 e. The maximum atomic E-state index is 10.8. The highest BCUT2D eigenvalue weighted by Gasteiger charge is 2.24. The van der Waals surface area contributed by atoms with Gasteiger partial charge in [0.25, 0.3) is 0 Å². The second kappa shape index (κ2) is 6.57. The van der Waals surface area contributed by atoms with Crippen LogP contribution in [-0.4, -0.2) is 30.7 Å². The lowest BCUT2D eigenvalue weighted by Gasteiger charge is -2.23. The molecule has 0 saturated heterocycles. The molecule has 0 spiro atoms. The maximum Gasteiger partial charge on any atom is 0.162 e. The van der Waals surface area contributed by atoms with Crippen LogP contribution in [0.3, 0.4) is 0 Å². The molecule has 0 amide bonds. The molecule has 19 heavy (non-hydrogen) atoms. The molecule has 2 unspecified atom stereocenters. The molecule has 0 radical (unpaired) electrons. The highest BCUT2D eigenvalue weighted by Crippen LogP contribution is 2.31. The van der Waals surface area contributed by atoms with Crippen molar-refractivity contribution in [3.8, 4) is 11.5 Å². The zero-order valence-electron chi connectivity index (χ0n) is 11.2. The summed E-state index contributed by atoms with van der Waals surface area (Å²) in [5.74, 6) is 1.11. The molecule has 1 aliphatic rings. The van der Waals surface area contributed by atoms with Gasteiger partial charge in [-0.25, -0.2) is 0 Å². The Labute approximate surface area is 113 Å². The van der Waals surface area contributed by atoms with E-state index in [1.165, 1.54) is 0 Å². The lowest BCUT2D eigenvalue weighted by atomic mass is 10.1. The molecule has 1 aromatic carbocycles. The van der Waals surface area contributed by atoms with Gasteiger partial charge in [0, 0.05) is 5.56 Å². The number of rotatable bonds is 4. The minimum Gasteiger partial charge on any atom is -0.493 e. The quantitative estimate of drug-likeness (QED) is 0.671. The van der Waals surface area contributed by atoms with Crippen molar-refractivity contribution in [2.24, 2.45) is 0 Å². The molecule has 1 saturated carbocycles. The van der Waals surface area contributed by atoms with Crippen LogP contribution >= 0.6 is 0 Å². The monoisotopic (exact) mass is 264 g/mol. The predicted octanol–water partition coefficient (Wildman–Crippen LogP) is 2.58. The Kier molecular flexibility index (Phi) is 4.80. The number of carbonyl (C=O) groups excluding carboxylic acids is 1. The highest BCUT2D eigenvalue weighted by molar-refractivity contribution is 5.76. The average Bonchev–Trinajstić information content (AvgIpc) is 2.64. The summed E-state index contributed by atoms with van der Waals surface area (Å²) in [6.45, 7) is 0. The SMILES string of the molecule is COc1ccc(C=O)cc1OC1CCCCCC1O.